The Morgan fingerprint density at radius 1 is 0.424 bits per heavy atom. The normalized spacial score (nSPS) is 10.6. The van der Waals surface area contributed by atoms with E-state index in [1.165, 1.54) is 0 Å². The van der Waals surface area contributed by atoms with Crippen LogP contribution in [0, 0.1) is 42.4 Å². The summed E-state index contributed by atoms with van der Waals surface area (Å²) in [6.07, 6.45) is 0. The minimum absolute atomic E-state index is 0.360. The van der Waals surface area contributed by atoms with E-state index in [9.17, 15) is 10.5 Å². The predicted octanol–water partition coefficient (Wildman–Crippen LogP) is 12.7. The number of aromatic nitrogens is 4. The highest BCUT2D eigenvalue weighted by Crippen LogP contribution is 2.40. The zero-order valence-electron chi connectivity index (χ0n) is 31.0. The molecule has 0 radical (unpaired) electrons. The molecular weight excluding hydrogens is 727 g/mol. The Balaban J connectivity index is 1.30. The molecule has 0 saturated heterocycles. The second kappa shape index (κ2) is 14.8. The van der Waals surface area contributed by atoms with Crippen molar-refractivity contribution in [3.63, 3.8) is 0 Å². The van der Waals surface area contributed by atoms with Gasteiger partial charge in [-0.1, -0.05) is 91.0 Å². The first-order valence-corrected chi connectivity index (χ1v) is 18.3. The molecule has 0 saturated carbocycles. The molecule has 9 rings (SSSR count). The zero-order chi connectivity index (χ0) is 40.5. The van der Waals surface area contributed by atoms with Crippen LogP contribution in [-0.4, -0.2) is 19.5 Å². The van der Waals surface area contributed by atoms with Crippen molar-refractivity contribution in [3.8, 4) is 74.2 Å². The maximum atomic E-state index is 10.6. The average molecular weight is 752 g/mol. The third kappa shape index (κ3) is 6.54. The molecule has 9 aromatic rings. The van der Waals surface area contributed by atoms with Gasteiger partial charge >= 0.3 is 0 Å². The molecule has 0 aliphatic heterocycles. The summed E-state index contributed by atoms with van der Waals surface area (Å²) in [4.78, 5) is 25.6. The summed E-state index contributed by atoms with van der Waals surface area (Å²) < 4.78 is 2.05. The largest absolute Gasteiger partial charge is 0.308 e. The lowest BCUT2D eigenvalue weighted by molar-refractivity contribution is 1.07. The van der Waals surface area contributed by atoms with Crippen LogP contribution in [0.25, 0.3) is 98.4 Å². The van der Waals surface area contributed by atoms with E-state index in [4.69, 9.17) is 34.7 Å². The molecule has 2 aromatic heterocycles. The third-order valence-electron chi connectivity index (χ3n) is 10.1. The smallest absolute Gasteiger partial charge is 0.189 e. The van der Waals surface area contributed by atoms with Crippen LogP contribution >= 0.6 is 0 Å². The van der Waals surface area contributed by atoms with Gasteiger partial charge in [0.1, 0.15) is 6.07 Å². The minimum Gasteiger partial charge on any atom is -0.308 e. The lowest BCUT2D eigenvalue weighted by atomic mass is 9.98. The summed E-state index contributed by atoms with van der Waals surface area (Å²) in [5.74, 6) is 1.47. The summed E-state index contributed by atoms with van der Waals surface area (Å²) >= 11 is 0. The molecular formula is C50H25N9. The molecule has 9 nitrogen and oxygen atoms in total. The van der Waals surface area contributed by atoms with Crippen LogP contribution in [0.4, 0.5) is 17.1 Å². The van der Waals surface area contributed by atoms with Gasteiger partial charge < -0.3 is 4.57 Å². The van der Waals surface area contributed by atoms with Crippen LogP contribution in [0.1, 0.15) is 11.1 Å². The zero-order valence-corrected chi connectivity index (χ0v) is 31.0. The number of fused-ring (bicyclic) bond motifs is 3. The van der Waals surface area contributed by atoms with E-state index in [0.717, 1.165) is 55.2 Å². The van der Waals surface area contributed by atoms with E-state index < -0.39 is 0 Å². The predicted molar refractivity (Wildman–Crippen MR) is 230 cm³/mol. The molecule has 59 heavy (non-hydrogen) atoms. The SMILES string of the molecule is [C-]#[N+]c1cc(C#N)cc(-c2ccc3c(c2)c2cc(-c4cc([N+]#[C-])cc([N+]#[C-])c4)ccc2n3-c2cc(-c3nc(-c4ccccc4)nc(-c4ccccc4)n3)ccc2C#N)c1. The van der Waals surface area contributed by atoms with Crippen molar-refractivity contribution in [2.75, 3.05) is 0 Å². The van der Waals surface area contributed by atoms with E-state index in [2.05, 4.69) is 26.7 Å². The van der Waals surface area contributed by atoms with Crippen molar-refractivity contribution in [3.05, 3.63) is 197 Å². The Kier molecular flexibility index (Phi) is 8.90. The Labute approximate surface area is 339 Å². The summed E-state index contributed by atoms with van der Waals surface area (Å²) in [5.41, 5.74) is 9.54. The van der Waals surface area contributed by atoms with Crippen LogP contribution in [-0.2, 0) is 0 Å². The highest BCUT2D eigenvalue weighted by atomic mass is 15.0. The van der Waals surface area contributed by atoms with Crippen molar-refractivity contribution < 1.29 is 0 Å². The van der Waals surface area contributed by atoms with Crippen LogP contribution < -0.4 is 0 Å². The van der Waals surface area contributed by atoms with Crippen LogP contribution in [0.2, 0.25) is 0 Å². The number of hydrogen-bond donors (Lipinski definition) is 0. The Morgan fingerprint density at radius 2 is 0.898 bits per heavy atom. The number of hydrogen-bond acceptors (Lipinski definition) is 5. The summed E-state index contributed by atoms with van der Waals surface area (Å²) in [5, 5.41) is 22.0. The van der Waals surface area contributed by atoms with E-state index >= 15 is 0 Å². The molecule has 0 N–H and O–H groups in total. The summed E-state index contributed by atoms with van der Waals surface area (Å²) in [6, 6.07) is 51.7. The third-order valence-corrected chi connectivity index (χ3v) is 10.1. The molecule has 0 atom stereocenters. The van der Waals surface area contributed by atoms with Gasteiger partial charge in [-0.25, -0.2) is 29.5 Å². The molecule has 0 bridgehead atoms. The van der Waals surface area contributed by atoms with Crippen LogP contribution in [0.3, 0.4) is 0 Å². The highest BCUT2D eigenvalue weighted by Gasteiger charge is 2.20. The molecule has 0 unspecified atom stereocenters. The van der Waals surface area contributed by atoms with Gasteiger partial charge in [0.05, 0.1) is 48.1 Å². The van der Waals surface area contributed by atoms with Crippen molar-refractivity contribution in [2.24, 2.45) is 0 Å². The Bertz CT molecular complexity index is 3130. The van der Waals surface area contributed by atoms with Crippen molar-refractivity contribution >= 4 is 38.9 Å². The van der Waals surface area contributed by atoms with E-state index in [0.29, 0.717) is 56.9 Å². The molecule has 0 spiro atoms. The molecule has 0 amide bonds. The number of rotatable bonds is 6. The van der Waals surface area contributed by atoms with E-state index in [1.54, 1.807) is 42.5 Å². The minimum atomic E-state index is 0.360. The first-order chi connectivity index (χ1) is 29.0. The summed E-state index contributed by atoms with van der Waals surface area (Å²) in [7, 11) is 0. The van der Waals surface area contributed by atoms with Gasteiger partial charge in [0, 0.05) is 33.0 Å². The van der Waals surface area contributed by atoms with Gasteiger partial charge in [-0.05, 0) is 82.9 Å². The van der Waals surface area contributed by atoms with Crippen molar-refractivity contribution in [1.29, 1.82) is 10.5 Å². The first-order valence-electron chi connectivity index (χ1n) is 18.3. The maximum absolute atomic E-state index is 10.6. The van der Waals surface area contributed by atoms with Gasteiger partial charge in [-0.15, -0.1) is 0 Å². The molecule has 2 heterocycles. The van der Waals surface area contributed by atoms with Gasteiger partial charge in [0.15, 0.2) is 34.5 Å². The Hall–Kier alpha value is -9.20. The fourth-order valence-electron chi connectivity index (χ4n) is 7.33. The monoisotopic (exact) mass is 751 g/mol. The highest BCUT2D eigenvalue weighted by molar-refractivity contribution is 6.12. The molecule has 0 fully saturated rings. The van der Waals surface area contributed by atoms with Crippen molar-refractivity contribution in [1.82, 2.24) is 19.5 Å². The van der Waals surface area contributed by atoms with E-state index in [1.807, 2.05) is 114 Å². The average Bonchev–Trinajstić information content (AvgIpc) is 3.64. The molecule has 0 aliphatic rings. The van der Waals surface area contributed by atoms with Crippen LogP contribution in [0.15, 0.2) is 152 Å². The summed E-state index contributed by atoms with van der Waals surface area (Å²) in [6.45, 7) is 22.9. The van der Waals surface area contributed by atoms with Gasteiger partial charge in [-0.2, -0.15) is 10.5 Å². The van der Waals surface area contributed by atoms with Crippen LogP contribution in [0.5, 0.6) is 0 Å². The van der Waals surface area contributed by atoms with E-state index in [-0.39, 0.29) is 0 Å². The molecule has 9 heteroatoms. The number of nitriles is 2. The second-order valence-electron chi connectivity index (χ2n) is 13.6. The lowest BCUT2D eigenvalue weighted by Crippen LogP contribution is -2.02. The lowest BCUT2D eigenvalue weighted by Gasteiger charge is -2.13. The fourth-order valence-corrected chi connectivity index (χ4v) is 7.33. The number of nitrogens with zero attached hydrogens (tertiary/aromatic N) is 9. The fraction of sp³-hybridized carbons (Fsp3) is 0. The van der Waals surface area contributed by atoms with Gasteiger partial charge in [-0.3, -0.25) is 0 Å². The van der Waals surface area contributed by atoms with Gasteiger partial charge in [0.25, 0.3) is 0 Å². The van der Waals surface area contributed by atoms with Gasteiger partial charge in [0.2, 0.25) is 0 Å². The standard InChI is InChI=1S/C50H25N9/c1-53-40-21-31(29-51)20-38(22-40)34-16-18-45-43(25-34)44-26-35(39-23-41(54-2)28-42(24-39)55-3)17-19-46(44)59(45)47-27-36(14-15-37(47)30-52)50-57-48(32-10-6-4-7-11-32)56-49(58-50)33-12-8-5-9-13-33/h4-28H. The molecule has 7 aromatic carbocycles. The van der Waals surface area contributed by atoms with Crippen molar-refractivity contribution in [2.45, 2.75) is 0 Å². The number of benzene rings is 7. The molecule has 0 aliphatic carbocycles. The first kappa shape index (κ1) is 35.5. The maximum Gasteiger partial charge on any atom is 0.189 e. The molecule has 270 valence electrons. The topological polar surface area (TPSA) is 104 Å². The Morgan fingerprint density at radius 3 is 1.39 bits per heavy atom. The quantitative estimate of drug-likeness (QED) is 0.157. The second-order valence-corrected chi connectivity index (χ2v) is 13.6.